The first-order valence-electron chi connectivity index (χ1n) is 4.74. The van der Waals surface area contributed by atoms with Gasteiger partial charge in [-0.05, 0) is 30.7 Å². The van der Waals surface area contributed by atoms with Gasteiger partial charge in [0.15, 0.2) is 0 Å². The zero-order valence-electron chi connectivity index (χ0n) is 8.71. The largest absolute Gasteiger partial charge is 0.265 e. The van der Waals surface area contributed by atoms with E-state index >= 15 is 0 Å². The van der Waals surface area contributed by atoms with Gasteiger partial charge in [0.2, 0.25) is 0 Å². The van der Waals surface area contributed by atoms with Gasteiger partial charge in [-0.2, -0.15) is 5.26 Å². The molecule has 0 N–H and O–H groups in total. The molecule has 0 atom stereocenters. The van der Waals surface area contributed by atoms with E-state index in [9.17, 15) is 0 Å². The lowest BCUT2D eigenvalue weighted by Gasteiger charge is -1.93. The highest BCUT2D eigenvalue weighted by Gasteiger charge is 2.04. The molecule has 0 saturated heterocycles. The average molecular weight is 227 g/mol. The van der Waals surface area contributed by atoms with Gasteiger partial charge in [0.1, 0.15) is 11.1 Å². The number of nitrogens with zero attached hydrogens (tertiary/aromatic N) is 3. The number of thiazole rings is 1. The van der Waals surface area contributed by atoms with Gasteiger partial charge in [0.05, 0.1) is 5.57 Å². The third kappa shape index (κ3) is 2.33. The highest BCUT2D eigenvalue weighted by molar-refractivity contribution is 7.11. The van der Waals surface area contributed by atoms with E-state index in [1.54, 1.807) is 12.4 Å². The number of aromatic nitrogens is 2. The van der Waals surface area contributed by atoms with Crippen LogP contribution < -0.4 is 0 Å². The van der Waals surface area contributed by atoms with Gasteiger partial charge in [0, 0.05) is 23.5 Å². The summed E-state index contributed by atoms with van der Waals surface area (Å²) < 4.78 is 0. The second-order valence-corrected chi connectivity index (χ2v) is 4.10. The summed E-state index contributed by atoms with van der Waals surface area (Å²) in [5.74, 6) is 0. The van der Waals surface area contributed by atoms with Crippen molar-refractivity contribution in [2.45, 2.75) is 6.92 Å². The Kier molecular flexibility index (Phi) is 3.08. The zero-order chi connectivity index (χ0) is 11.4. The molecule has 2 heterocycles. The Balaban J connectivity index is 2.38. The molecule has 0 bridgehead atoms. The topological polar surface area (TPSA) is 49.6 Å². The lowest BCUT2D eigenvalue weighted by atomic mass is 10.2. The first-order chi connectivity index (χ1) is 7.79. The molecule has 2 rings (SSSR count). The maximum Gasteiger partial charge on any atom is 0.134 e. The summed E-state index contributed by atoms with van der Waals surface area (Å²) in [4.78, 5) is 8.22. The Labute approximate surface area is 97.7 Å². The van der Waals surface area contributed by atoms with Crippen LogP contribution in [-0.2, 0) is 0 Å². The minimum absolute atomic E-state index is 0.587. The highest BCUT2D eigenvalue weighted by Crippen LogP contribution is 2.20. The number of hydrogen-bond acceptors (Lipinski definition) is 4. The Morgan fingerprint density at radius 2 is 2.19 bits per heavy atom. The molecule has 0 aliphatic rings. The summed E-state index contributed by atoms with van der Waals surface area (Å²) in [7, 11) is 0. The molecule has 2 aromatic rings. The van der Waals surface area contributed by atoms with Crippen LogP contribution >= 0.6 is 11.3 Å². The van der Waals surface area contributed by atoms with Crippen molar-refractivity contribution in [3.8, 4) is 6.07 Å². The van der Waals surface area contributed by atoms with Gasteiger partial charge in [-0.15, -0.1) is 11.3 Å². The van der Waals surface area contributed by atoms with Gasteiger partial charge >= 0.3 is 0 Å². The summed E-state index contributed by atoms with van der Waals surface area (Å²) in [5.41, 5.74) is 2.49. The standard InChI is InChI=1S/C12H9N3S/c1-9-8-16-12(15-9)11(7-13)6-10-2-4-14-5-3-10/h2-6,8H,1H3/b11-6+. The third-order valence-corrected chi connectivity index (χ3v) is 2.98. The van der Waals surface area contributed by atoms with Gasteiger partial charge < -0.3 is 0 Å². The fraction of sp³-hybridized carbons (Fsp3) is 0.0833. The van der Waals surface area contributed by atoms with Crippen LogP contribution in [0.25, 0.3) is 11.6 Å². The molecule has 0 unspecified atom stereocenters. The Bertz CT molecular complexity index is 549. The number of hydrogen-bond donors (Lipinski definition) is 0. The van der Waals surface area contributed by atoms with Crippen molar-refractivity contribution in [1.82, 2.24) is 9.97 Å². The second kappa shape index (κ2) is 4.69. The Hall–Kier alpha value is -1.99. The van der Waals surface area contributed by atoms with Gasteiger partial charge in [0.25, 0.3) is 0 Å². The van der Waals surface area contributed by atoms with Crippen LogP contribution in [0.4, 0.5) is 0 Å². The molecule has 0 aromatic carbocycles. The maximum atomic E-state index is 9.08. The van der Waals surface area contributed by atoms with Crippen LogP contribution in [-0.4, -0.2) is 9.97 Å². The predicted octanol–water partition coefficient (Wildman–Crippen LogP) is 2.91. The third-order valence-electron chi connectivity index (χ3n) is 1.99. The molecule has 4 heteroatoms. The molecule has 16 heavy (non-hydrogen) atoms. The van der Waals surface area contributed by atoms with E-state index in [2.05, 4.69) is 16.0 Å². The van der Waals surface area contributed by atoms with Crippen molar-refractivity contribution in [3.05, 3.63) is 46.2 Å². The van der Waals surface area contributed by atoms with Gasteiger partial charge in [-0.25, -0.2) is 4.98 Å². The lowest BCUT2D eigenvalue weighted by Crippen LogP contribution is -1.81. The minimum atomic E-state index is 0.587. The molecule has 0 aliphatic carbocycles. The van der Waals surface area contributed by atoms with Crippen molar-refractivity contribution in [2.75, 3.05) is 0 Å². The molecule has 0 saturated carbocycles. The first kappa shape index (κ1) is 10.5. The van der Waals surface area contributed by atoms with Crippen molar-refractivity contribution >= 4 is 23.0 Å². The summed E-state index contributed by atoms with van der Waals surface area (Å²) in [6.45, 7) is 1.92. The zero-order valence-corrected chi connectivity index (χ0v) is 9.53. The summed E-state index contributed by atoms with van der Waals surface area (Å²) >= 11 is 1.48. The monoisotopic (exact) mass is 227 g/mol. The van der Waals surface area contributed by atoms with Gasteiger partial charge in [-0.1, -0.05) is 0 Å². The molecule has 2 aromatic heterocycles. The van der Waals surface area contributed by atoms with Crippen LogP contribution in [0.15, 0.2) is 29.9 Å². The molecule has 78 valence electrons. The van der Waals surface area contributed by atoms with Crippen LogP contribution in [0, 0.1) is 18.3 Å². The van der Waals surface area contributed by atoms with Crippen molar-refractivity contribution in [1.29, 1.82) is 5.26 Å². The fourth-order valence-electron chi connectivity index (χ4n) is 1.25. The Morgan fingerprint density at radius 3 is 2.75 bits per heavy atom. The summed E-state index contributed by atoms with van der Waals surface area (Å²) in [6, 6.07) is 5.89. The number of nitriles is 1. The minimum Gasteiger partial charge on any atom is -0.265 e. The van der Waals surface area contributed by atoms with E-state index in [-0.39, 0.29) is 0 Å². The van der Waals surface area contributed by atoms with E-state index in [1.165, 1.54) is 11.3 Å². The normalized spacial score (nSPS) is 11.1. The van der Waals surface area contributed by atoms with Crippen molar-refractivity contribution in [3.63, 3.8) is 0 Å². The molecule has 0 aliphatic heterocycles. The van der Waals surface area contributed by atoms with E-state index in [4.69, 9.17) is 5.26 Å². The quantitative estimate of drug-likeness (QED) is 0.741. The smallest absolute Gasteiger partial charge is 0.134 e. The molecule has 0 spiro atoms. The number of rotatable bonds is 2. The summed E-state index contributed by atoms with van der Waals surface area (Å²) in [6.07, 6.45) is 5.22. The van der Waals surface area contributed by atoms with E-state index in [0.717, 1.165) is 16.3 Å². The van der Waals surface area contributed by atoms with E-state index in [0.29, 0.717) is 5.57 Å². The predicted molar refractivity (Wildman–Crippen MR) is 64.6 cm³/mol. The van der Waals surface area contributed by atoms with Crippen molar-refractivity contribution in [2.24, 2.45) is 0 Å². The number of aryl methyl sites for hydroxylation is 1. The average Bonchev–Trinajstić information content (AvgIpc) is 2.74. The van der Waals surface area contributed by atoms with Crippen molar-refractivity contribution < 1.29 is 0 Å². The number of pyridine rings is 1. The molecule has 0 fully saturated rings. The van der Waals surface area contributed by atoms with E-state index in [1.807, 2.05) is 30.5 Å². The van der Waals surface area contributed by atoms with E-state index < -0.39 is 0 Å². The molecule has 3 nitrogen and oxygen atoms in total. The first-order valence-corrected chi connectivity index (χ1v) is 5.62. The molecular formula is C12H9N3S. The second-order valence-electron chi connectivity index (χ2n) is 3.24. The van der Waals surface area contributed by atoms with Crippen LogP contribution in [0.1, 0.15) is 16.3 Å². The van der Waals surface area contributed by atoms with Crippen LogP contribution in [0.3, 0.4) is 0 Å². The SMILES string of the molecule is Cc1csc(/C(C#N)=C/c2ccncc2)n1. The lowest BCUT2D eigenvalue weighted by molar-refractivity contribution is 1.25. The van der Waals surface area contributed by atoms with Crippen LogP contribution in [0.2, 0.25) is 0 Å². The Morgan fingerprint density at radius 1 is 1.44 bits per heavy atom. The molecular weight excluding hydrogens is 218 g/mol. The summed E-state index contributed by atoms with van der Waals surface area (Å²) in [5, 5.41) is 11.8. The van der Waals surface area contributed by atoms with Crippen LogP contribution in [0.5, 0.6) is 0 Å². The van der Waals surface area contributed by atoms with Gasteiger partial charge in [-0.3, -0.25) is 4.98 Å². The molecule has 0 radical (unpaired) electrons. The fourth-order valence-corrected chi connectivity index (χ4v) is 2.01. The molecule has 0 amide bonds. The highest BCUT2D eigenvalue weighted by atomic mass is 32.1. The number of allylic oxidation sites excluding steroid dienone is 1. The maximum absolute atomic E-state index is 9.08.